The highest BCUT2D eigenvalue weighted by molar-refractivity contribution is 6.30. The number of fused-ring (bicyclic) bond motifs is 3. The fourth-order valence-electron chi connectivity index (χ4n) is 4.92. The van der Waals surface area contributed by atoms with E-state index in [0.29, 0.717) is 23.1 Å². The van der Waals surface area contributed by atoms with Crippen molar-refractivity contribution < 1.29 is 18.9 Å². The minimum Gasteiger partial charge on any atom is -0.493 e. The van der Waals surface area contributed by atoms with E-state index in [9.17, 15) is 0 Å². The first-order valence-electron chi connectivity index (χ1n) is 12.4. The maximum absolute atomic E-state index is 6.50. The van der Waals surface area contributed by atoms with Crippen molar-refractivity contribution in [3.8, 4) is 23.0 Å². The van der Waals surface area contributed by atoms with Gasteiger partial charge in [-0.2, -0.15) is 5.10 Å². The molecular weight excluding hydrogens is 500 g/mol. The van der Waals surface area contributed by atoms with E-state index in [0.717, 1.165) is 45.9 Å². The van der Waals surface area contributed by atoms with E-state index in [-0.39, 0.29) is 12.3 Å². The van der Waals surface area contributed by atoms with E-state index in [2.05, 4.69) is 11.1 Å². The maximum atomic E-state index is 6.50. The van der Waals surface area contributed by atoms with Gasteiger partial charge in [-0.3, -0.25) is 0 Å². The average molecular weight is 527 g/mol. The van der Waals surface area contributed by atoms with Crippen LogP contribution in [-0.2, 0) is 6.61 Å². The first-order valence-corrected chi connectivity index (χ1v) is 12.8. The first kappa shape index (κ1) is 24.2. The zero-order valence-electron chi connectivity index (χ0n) is 21.1. The van der Waals surface area contributed by atoms with E-state index in [1.54, 1.807) is 14.2 Å². The number of methoxy groups -OCH3 is 2. The molecule has 0 N–H and O–H groups in total. The molecule has 0 amide bonds. The van der Waals surface area contributed by atoms with E-state index in [1.807, 2.05) is 84.9 Å². The van der Waals surface area contributed by atoms with Gasteiger partial charge in [-0.05, 0) is 66.2 Å². The van der Waals surface area contributed by atoms with Crippen LogP contribution in [0.15, 0.2) is 96.1 Å². The van der Waals surface area contributed by atoms with Gasteiger partial charge in [0.1, 0.15) is 18.1 Å². The van der Waals surface area contributed by atoms with E-state index < -0.39 is 0 Å². The Morgan fingerprint density at radius 2 is 1.66 bits per heavy atom. The molecule has 6 nitrogen and oxygen atoms in total. The quantitative estimate of drug-likeness (QED) is 0.255. The van der Waals surface area contributed by atoms with Crippen LogP contribution >= 0.6 is 11.6 Å². The summed E-state index contributed by atoms with van der Waals surface area (Å²) in [6, 6.07) is 29.8. The zero-order valence-corrected chi connectivity index (χ0v) is 21.9. The molecule has 2 aliphatic rings. The second-order valence-corrected chi connectivity index (χ2v) is 9.65. The summed E-state index contributed by atoms with van der Waals surface area (Å²) in [5, 5.41) is 7.84. The summed E-state index contributed by atoms with van der Waals surface area (Å²) >= 11 is 5.98. The lowest BCUT2D eigenvalue weighted by molar-refractivity contribution is -0.0190. The number of hydrogen-bond acceptors (Lipinski definition) is 6. The number of rotatable bonds is 7. The van der Waals surface area contributed by atoms with Crippen molar-refractivity contribution in [3.05, 3.63) is 118 Å². The lowest BCUT2D eigenvalue weighted by atomic mass is 9.96. The lowest BCUT2D eigenvalue weighted by Crippen LogP contribution is -2.33. The first-order chi connectivity index (χ1) is 18.6. The fourth-order valence-corrected chi connectivity index (χ4v) is 5.05. The molecule has 0 bridgehead atoms. The predicted molar refractivity (Wildman–Crippen MR) is 147 cm³/mol. The van der Waals surface area contributed by atoms with Crippen molar-refractivity contribution in [3.63, 3.8) is 0 Å². The Balaban J connectivity index is 1.27. The van der Waals surface area contributed by atoms with Crippen molar-refractivity contribution in [2.45, 2.75) is 25.3 Å². The van der Waals surface area contributed by atoms with Gasteiger partial charge in [0, 0.05) is 28.1 Å². The van der Waals surface area contributed by atoms with Gasteiger partial charge >= 0.3 is 0 Å². The van der Waals surface area contributed by atoms with Crippen LogP contribution in [0.3, 0.4) is 0 Å². The standard InChI is InChI=1S/C31H27ClN2O4/c1-35-29-16-11-22(17-30(29)36-2)26-18-27-25-5-3-4-6-28(25)38-31(34(27)33-26)21-9-14-24(15-10-21)37-19-20-7-12-23(32)13-8-20/h3-17,27,31H,18-19H2,1-2H3. The summed E-state index contributed by atoms with van der Waals surface area (Å²) in [5.74, 6) is 3.04. The van der Waals surface area contributed by atoms with Gasteiger partial charge < -0.3 is 18.9 Å². The molecule has 2 aliphatic heterocycles. The van der Waals surface area contributed by atoms with Crippen LogP contribution in [0.1, 0.15) is 40.9 Å². The van der Waals surface area contributed by atoms with E-state index in [1.165, 1.54) is 0 Å². The minimum atomic E-state index is -0.363. The summed E-state index contributed by atoms with van der Waals surface area (Å²) in [4.78, 5) is 0. The number of para-hydroxylation sites is 1. The smallest absolute Gasteiger partial charge is 0.213 e. The highest BCUT2D eigenvalue weighted by Gasteiger charge is 2.41. The number of benzene rings is 4. The van der Waals surface area contributed by atoms with Crippen molar-refractivity contribution in [2.75, 3.05) is 14.2 Å². The molecule has 4 aromatic rings. The summed E-state index contributed by atoms with van der Waals surface area (Å²) in [5.41, 5.74) is 5.16. The monoisotopic (exact) mass is 526 g/mol. The van der Waals surface area contributed by atoms with Crippen molar-refractivity contribution in [1.29, 1.82) is 0 Å². The number of halogens is 1. The summed E-state index contributed by atoms with van der Waals surface area (Å²) in [6.45, 7) is 0.469. The molecule has 0 aliphatic carbocycles. The molecule has 0 radical (unpaired) electrons. The molecule has 192 valence electrons. The molecule has 0 aromatic heterocycles. The fraction of sp³-hybridized carbons (Fsp3) is 0.194. The van der Waals surface area contributed by atoms with Crippen LogP contribution in [0.2, 0.25) is 5.02 Å². The van der Waals surface area contributed by atoms with Crippen LogP contribution in [0.5, 0.6) is 23.0 Å². The molecule has 0 fully saturated rings. The van der Waals surface area contributed by atoms with Gasteiger partial charge in [-0.1, -0.05) is 41.9 Å². The third-order valence-corrected chi connectivity index (χ3v) is 7.15. The van der Waals surface area contributed by atoms with Crippen LogP contribution in [0, 0.1) is 0 Å². The highest BCUT2D eigenvalue weighted by Crippen LogP contribution is 2.47. The Bertz CT molecular complexity index is 1470. The number of nitrogens with zero attached hydrogens (tertiary/aromatic N) is 2. The summed E-state index contributed by atoms with van der Waals surface area (Å²) < 4.78 is 23.4. The van der Waals surface area contributed by atoms with E-state index in [4.69, 9.17) is 35.6 Å². The number of hydrogen-bond donors (Lipinski definition) is 0. The Labute approximate surface area is 227 Å². The molecule has 0 saturated carbocycles. The van der Waals surface area contributed by atoms with Gasteiger partial charge in [0.05, 0.1) is 26.0 Å². The molecule has 38 heavy (non-hydrogen) atoms. The molecule has 4 aromatic carbocycles. The zero-order chi connectivity index (χ0) is 26.1. The molecule has 0 spiro atoms. The second kappa shape index (κ2) is 10.3. The lowest BCUT2D eigenvalue weighted by Gasteiger charge is -2.38. The summed E-state index contributed by atoms with van der Waals surface area (Å²) in [7, 11) is 3.28. The molecular formula is C31H27ClN2O4. The molecule has 6 rings (SSSR count). The van der Waals surface area contributed by atoms with Gasteiger partial charge in [-0.15, -0.1) is 0 Å². The van der Waals surface area contributed by atoms with E-state index >= 15 is 0 Å². The topological polar surface area (TPSA) is 52.5 Å². The minimum absolute atomic E-state index is 0.0638. The molecule has 0 saturated heterocycles. The Morgan fingerprint density at radius 3 is 2.42 bits per heavy atom. The third kappa shape index (κ3) is 4.63. The van der Waals surface area contributed by atoms with Gasteiger partial charge in [0.15, 0.2) is 11.5 Å². The van der Waals surface area contributed by atoms with Crippen molar-refractivity contribution in [1.82, 2.24) is 5.01 Å². The molecule has 2 unspecified atom stereocenters. The van der Waals surface area contributed by atoms with Crippen molar-refractivity contribution >= 4 is 17.3 Å². The third-order valence-electron chi connectivity index (χ3n) is 6.90. The maximum Gasteiger partial charge on any atom is 0.213 e. The number of ether oxygens (including phenoxy) is 4. The van der Waals surface area contributed by atoms with Crippen LogP contribution in [-0.4, -0.2) is 24.9 Å². The highest BCUT2D eigenvalue weighted by atomic mass is 35.5. The molecule has 2 atom stereocenters. The SMILES string of the molecule is COc1ccc(C2=NN3C(C2)c2ccccc2OC3c2ccc(OCc3ccc(Cl)cc3)cc2)cc1OC. The molecule has 2 heterocycles. The number of hydrazone groups is 1. The predicted octanol–water partition coefficient (Wildman–Crippen LogP) is 7.18. The Hall–Kier alpha value is -4.16. The van der Waals surface area contributed by atoms with Crippen molar-refractivity contribution in [2.24, 2.45) is 5.10 Å². The van der Waals surface area contributed by atoms with Gasteiger partial charge in [-0.25, -0.2) is 5.01 Å². The largest absolute Gasteiger partial charge is 0.493 e. The Kier molecular flexibility index (Phi) is 6.56. The van der Waals surface area contributed by atoms with Crippen LogP contribution in [0.4, 0.5) is 0 Å². The van der Waals surface area contributed by atoms with Gasteiger partial charge in [0.2, 0.25) is 6.23 Å². The Morgan fingerprint density at radius 1 is 0.895 bits per heavy atom. The van der Waals surface area contributed by atoms with Crippen LogP contribution in [0.25, 0.3) is 0 Å². The molecule has 7 heteroatoms. The average Bonchev–Trinajstić information content (AvgIpc) is 3.42. The van der Waals surface area contributed by atoms with Gasteiger partial charge in [0.25, 0.3) is 0 Å². The second-order valence-electron chi connectivity index (χ2n) is 9.21. The van der Waals surface area contributed by atoms with Crippen LogP contribution < -0.4 is 18.9 Å². The summed E-state index contributed by atoms with van der Waals surface area (Å²) in [6.07, 6.45) is 0.395. The normalized spacial score (nSPS) is 17.7.